The van der Waals surface area contributed by atoms with Crippen LogP contribution < -0.4 is 0 Å². The molecule has 2 nitrogen and oxygen atoms in total. The molecule has 0 N–H and O–H groups in total. The fourth-order valence-electron chi connectivity index (χ4n) is 4.19. The van der Waals surface area contributed by atoms with Gasteiger partial charge in [0, 0.05) is 0 Å². The topological polar surface area (TPSA) is 25.8 Å². The van der Waals surface area contributed by atoms with E-state index in [2.05, 4.69) is 40.3 Å². The minimum atomic E-state index is -4.51. The van der Waals surface area contributed by atoms with Crippen LogP contribution in [0, 0.1) is 0 Å². The van der Waals surface area contributed by atoms with E-state index in [0.717, 1.165) is 20.6 Å². The van der Waals surface area contributed by atoms with Crippen molar-refractivity contribution in [2.45, 2.75) is 6.18 Å². The molecule has 0 amide bonds. The zero-order chi connectivity index (χ0) is 21.2. The Hall–Kier alpha value is -3.21. The summed E-state index contributed by atoms with van der Waals surface area (Å²) in [6, 6.07) is 22.9. The SMILES string of the molecule is FC(F)(F)c1c2ccccc2cc2c(-c3cc4cc5ccccc5cc4[se]3)ncnc12. The molecule has 6 heteroatoms. The van der Waals surface area contributed by atoms with Gasteiger partial charge in [-0.3, -0.25) is 0 Å². The zero-order valence-electron chi connectivity index (χ0n) is 15.9. The van der Waals surface area contributed by atoms with Crippen LogP contribution in [0.3, 0.4) is 0 Å². The molecule has 4 aromatic carbocycles. The molecule has 6 aromatic rings. The quantitative estimate of drug-likeness (QED) is 0.192. The molecule has 0 unspecified atom stereocenters. The first-order chi connectivity index (χ1) is 15.0. The van der Waals surface area contributed by atoms with E-state index in [1.165, 1.54) is 16.7 Å². The molecule has 0 aliphatic carbocycles. The monoisotopic (exact) mass is 478 g/mol. The summed E-state index contributed by atoms with van der Waals surface area (Å²) in [5, 5.41) is 4.56. The van der Waals surface area contributed by atoms with Gasteiger partial charge in [-0.25, -0.2) is 0 Å². The number of benzene rings is 4. The van der Waals surface area contributed by atoms with Gasteiger partial charge in [0.15, 0.2) is 0 Å². The van der Waals surface area contributed by atoms with Crippen molar-refractivity contribution in [3.05, 3.63) is 84.7 Å². The zero-order valence-corrected chi connectivity index (χ0v) is 17.7. The van der Waals surface area contributed by atoms with Gasteiger partial charge in [-0.2, -0.15) is 0 Å². The van der Waals surface area contributed by atoms with E-state index in [4.69, 9.17) is 0 Å². The van der Waals surface area contributed by atoms with Gasteiger partial charge in [0.1, 0.15) is 0 Å². The van der Waals surface area contributed by atoms with E-state index >= 15 is 0 Å². The fourth-order valence-corrected chi connectivity index (χ4v) is 6.51. The predicted octanol–water partition coefficient (Wildman–Crippen LogP) is 6.83. The second kappa shape index (κ2) is 6.64. The van der Waals surface area contributed by atoms with Gasteiger partial charge in [0.05, 0.1) is 0 Å². The van der Waals surface area contributed by atoms with Crippen molar-refractivity contribution in [2.24, 2.45) is 0 Å². The summed E-state index contributed by atoms with van der Waals surface area (Å²) in [6.45, 7) is 0. The van der Waals surface area contributed by atoms with Crippen LogP contribution >= 0.6 is 0 Å². The fraction of sp³-hybridized carbons (Fsp3) is 0.0400. The van der Waals surface area contributed by atoms with E-state index in [0.29, 0.717) is 16.5 Å². The van der Waals surface area contributed by atoms with Crippen molar-refractivity contribution in [2.75, 3.05) is 0 Å². The average molecular weight is 477 g/mol. The summed E-state index contributed by atoms with van der Waals surface area (Å²) in [4.78, 5) is 8.51. The Balaban J connectivity index is 1.68. The first kappa shape index (κ1) is 18.5. The molecule has 0 saturated heterocycles. The molecule has 6 rings (SSSR count). The molecular weight excluding hydrogens is 464 g/mol. The Morgan fingerprint density at radius 2 is 1.39 bits per heavy atom. The molecule has 0 aliphatic heterocycles. The van der Waals surface area contributed by atoms with Crippen LogP contribution in [-0.4, -0.2) is 24.5 Å². The number of hydrogen-bond donors (Lipinski definition) is 0. The Kier molecular flexibility index (Phi) is 3.98. The van der Waals surface area contributed by atoms with Gasteiger partial charge in [0.2, 0.25) is 0 Å². The van der Waals surface area contributed by atoms with Gasteiger partial charge in [-0.05, 0) is 0 Å². The van der Waals surface area contributed by atoms with Crippen molar-refractivity contribution in [3.8, 4) is 10.1 Å². The molecule has 0 aliphatic rings. The van der Waals surface area contributed by atoms with Crippen LogP contribution in [0.15, 0.2) is 79.1 Å². The van der Waals surface area contributed by atoms with Crippen molar-refractivity contribution in [1.82, 2.24) is 9.97 Å². The molecule has 150 valence electrons. The maximum atomic E-state index is 14.1. The summed E-state index contributed by atoms with van der Waals surface area (Å²) in [7, 11) is 0. The average Bonchev–Trinajstić information content (AvgIpc) is 3.17. The van der Waals surface area contributed by atoms with E-state index in [1.54, 1.807) is 24.3 Å². The van der Waals surface area contributed by atoms with Crippen LogP contribution in [0.25, 0.3) is 52.2 Å². The molecule has 2 aromatic heterocycles. The van der Waals surface area contributed by atoms with Crippen LogP contribution in [0.5, 0.6) is 0 Å². The van der Waals surface area contributed by atoms with Gasteiger partial charge >= 0.3 is 181 Å². The van der Waals surface area contributed by atoms with Crippen LogP contribution in [0.2, 0.25) is 0 Å². The second-order valence-electron chi connectivity index (χ2n) is 7.44. The molecule has 31 heavy (non-hydrogen) atoms. The number of rotatable bonds is 1. The molecule has 0 fully saturated rings. The number of halogens is 3. The van der Waals surface area contributed by atoms with Crippen molar-refractivity contribution in [3.63, 3.8) is 0 Å². The Morgan fingerprint density at radius 1 is 0.677 bits per heavy atom. The van der Waals surface area contributed by atoms with Crippen molar-refractivity contribution >= 4 is 56.6 Å². The first-order valence-corrected chi connectivity index (χ1v) is 11.4. The van der Waals surface area contributed by atoms with E-state index < -0.39 is 11.7 Å². The third-order valence-corrected chi connectivity index (χ3v) is 7.87. The maximum absolute atomic E-state index is 14.1. The van der Waals surface area contributed by atoms with Gasteiger partial charge in [-0.1, -0.05) is 0 Å². The number of fused-ring (bicyclic) bond motifs is 4. The molecule has 0 spiro atoms. The van der Waals surface area contributed by atoms with Crippen LogP contribution in [-0.2, 0) is 6.18 Å². The molecular formula is C25H13F3N2Se. The summed E-state index contributed by atoms with van der Waals surface area (Å²) < 4.78 is 44.4. The number of alkyl halides is 3. The standard InChI is InChI=1S/C25H13F3N2Se/c26-25(27,28)22-18-8-4-3-7-16(18)10-19-23(29-13-30-24(19)22)21-12-17-9-14-5-1-2-6-15(14)11-20(17)31-21/h1-13H. The predicted molar refractivity (Wildman–Crippen MR) is 119 cm³/mol. The normalized spacial score (nSPS) is 12.4. The van der Waals surface area contributed by atoms with Gasteiger partial charge in [0.25, 0.3) is 0 Å². The first-order valence-electron chi connectivity index (χ1n) is 9.65. The third kappa shape index (κ3) is 2.94. The van der Waals surface area contributed by atoms with E-state index in [9.17, 15) is 13.2 Å². The third-order valence-electron chi connectivity index (χ3n) is 5.55. The van der Waals surface area contributed by atoms with Crippen molar-refractivity contribution in [1.29, 1.82) is 0 Å². The molecule has 0 atom stereocenters. The number of nitrogens with zero attached hydrogens (tertiary/aromatic N) is 2. The summed E-state index contributed by atoms with van der Waals surface area (Å²) >= 11 is -0.0509. The van der Waals surface area contributed by atoms with Gasteiger partial charge in [-0.15, -0.1) is 0 Å². The summed E-state index contributed by atoms with van der Waals surface area (Å²) in [5.41, 5.74) is -0.158. The van der Waals surface area contributed by atoms with Crippen LogP contribution in [0.1, 0.15) is 5.56 Å². The molecule has 2 heterocycles. The molecule has 0 radical (unpaired) electrons. The Labute approximate surface area is 180 Å². The number of hydrogen-bond acceptors (Lipinski definition) is 2. The Morgan fingerprint density at radius 3 is 2.16 bits per heavy atom. The molecule has 0 saturated carbocycles. The van der Waals surface area contributed by atoms with Crippen molar-refractivity contribution < 1.29 is 13.2 Å². The second-order valence-corrected chi connectivity index (χ2v) is 9.71. The van der Waals surface area contributed by atoms with Gasteiger partial charge < -0.3 is 0 Å². The summed E-state index contributed by atoms with van der Waals surface area (Å²) in [5.74, 6) is 0. The minimum absolute atomic E-state index is 0.0472. The number of aromatic nitrogens is 2. The van der Waals surface area contributed by atoms with E-state index in [-0.39, 0.29) is 25.4 Å². The van der Waals surface area contributed by atoms with Crippen LogP contribution in [0.4, 0.5) is 13.2 Å². The Bertz CT molecular complexity index is 1580. The molecule has 0 bridgehead atoms. The van der Waals surface area contributed by atoms with E-state index in [1.807, 2.05) is 12.1 Å². The summed E-state index contributed by atoms with van der Waals surface area (Å²) in [6.07, 6.45) is -3.27.